The highest BCUT2D eigenvalue weighted by molar-refractivity contribution is 6.31. The summed E-state index contributed by atoms with van der Waals surface area (Å²) >= 11 is 5.98. The molecule has 0 aliphatic rings. The van der Waals surface area contributed by atoms with E-state index in [2.05, 4.69) is 10.4 Å². The van der Waals surface area contributed by atoms with Crippen molar-refractivity contribution >= 4 is 23.2 Å². The molecule has 25 heavy (non-hydrogen) atoms. The van der Waals surface area contributed by atoms with Crippen LogP contribution in [0.25, 0.3) is 5.69 Å². The fourth-order valence-corrected chi connectivity index (χ4v) is 2.61. The molecule has 0 unspecified atom stereocenters. The van der Waals surface area contributed by atoms with Crippen molar-refractivity contribution < 1.29 is 13.9 Å². The van der Waals surface area contributed by atoms with Gasteiger partial charge < -0.3 is 10.1 Å². The summed E-state index contributed by atoms with van der Waals surface area (Å²) in [5, 5.41) is 7.47. The van der Waals surface area contributed by atoms with E-state index in [1.807, 2.05) is 0 Å². The van der Waals surface area contributed by atoms with Gasteiger partial charge in [-0.3, -0.25) is 4.79 Å². The highest BCUT2D eigenvalue weighted by Crippen LogP contribution is 2.28. The number of methoxy groups -OCH3 is 1. The smallest absolute Gasteiger partial charge is 0.259 e. The van der Waals surface area contributed by atoms with E-state index < -0.39 is 0 Å². The Morgan fingerprint density at radius 1 is 1.24 bits per heavy atom. The number of amides is 1. The van der Waals surface area contributed by atoms with E-state index >= 15 is 0 Å². The van der Waals surface area contributed by atoms with Gasteiger partial charge in [0.15, 0.2) is 0 Å². The van der Waals surface area contributed by atoms with Gasteiger partial charge in [-0.15, -0.1) is 0 Å². The Morgan fingerprint density at radius 3 is 2.64 bits per heavy atom. The van der Waals surface area contributed by atoms with Crippen LogP contribution in [0.15, 0.2) is 48.7 Å². The van der Waals surface area contributed by atoms with Crippen molar-refractivity contribution in [3.8, 4) is 11.4 Å². The Hall–Kier alpha value is -2.86. The number of rotatable bonds is 4. The van der Waals surface area contributed by atoms with Crippen LogP contribution in [0, 0.1) is 12.7 Å². The lowest BCUT2D eigenvalue weighted by Crippen LogP contribution is -2.14. The maximum absolute atomic E-state index is 13.1. The summed E-state index contributed by atoms with van der Waals surface area (Å²) < 4.78 is 19.9. The molecule has 128 valence electrons. The third-order valence-electron chi connectivity index (χ3n) is 3.74. The van der Waals surface area contributed by atoms with Gasteiger partial charge in [-0.25, -0.2) is 9.07 Å². The quantitative estimate of drug-likeness (QED) is 0.758. The summed E-state index contributed by atoms with van der Waals surface area (Å²) in [6.45, 7) is 1.76. The first-order chi connectivity index (χ1) is 12.0. The number of nitrogens with one attached hydrogen (secondary N) is 1. The summed E-state index contributed by atoms with van der Waals surface area (Å²) in [5.41, 5.74) is 2.16. The molecule has 0 spiro atoms. The van der Waals surface area contributed by atoms with Gasteiger partial charge in [-0.2, -0.15) is 5.10 Å². The fourth-order valence-electron chi connectivity index (χ4n) is 2.44. The van der Waals surface area contributed by atoms with Gasteiger partial charge in [-0.05, 0) is 49.4 Å². The van der Waals surface area contributed by atoms with Crippen LogP contribution >= 0.6 is 11.6 Å². The molecule has 0 atom stereocenters. The summed E-state index contributed by atoms with van der Waals surface area (Å²) in [4.78, 5) is 12.6. The second kappa shape index (κ2) is 6.94. The van der Waals surface area contributed by atoms with Crippen molar-refractivity contribution in [1.29, 1.82) is 0 Å². The van der Waals surface area contributed by atoms with Crippen molar-refractivity contribution in [2.45, 2.75) is 6.92 Å². The fraction of sp³-hybridized carbons (Fsp3) is 0.111. The van der Waals surface area contributed by atoms with Crippen LogP contribution in [0.2, 0.25) is 5.02 Å². The summed E-state index contributed by atoms with van der Waals surface area (Å²) in [7, 11) is 1.51. The van der Waals surface area contributed by atoms with Crippen molar-refractivity contribution in [3.63, 3.8) is 0 Å². The highest BCUT2D eigenvalue weighted by atomic mass is 35.5. The molecule has 1 aromatic heterocycles. The number of aromatic nitrogens is 2. The molecule has 0 fully saturated rings. The molecular weight excluding hydrogens is 345 g/mol. The molecule has 5 nitrogen and oxygen atoms in total. The summed E-state index contributed by atoms with van der Waals surface area (Å²) in [6, 6.07) is 10.8. The molecule has 1 N–H and O–H groups in total. The Labute approximate surface area is 149 Å². The van der Waals surface area contributed by atoms with Crippen LogP contribution in [-0.4, -0.2) is 22.8 Å². The Kier molecular flexibility index (Phi) is 4.72. The lowest BCUT2D eigenvalue weighted by molar-refractivity contribution is 0.102. The first-order valence-electron chi connectivity index (χ1n) is 7.45. The van der Waals surface area contributed by atoms with Crippen molar-refractivity contribution in [3.05, 3.63) is 70.8 Å². The van der Waals surface area contributed by atoms with E-state index in [0.29, 0.717) is 33.4 Å². The molecule has 0 bridgehead atoms. The number of ether oxygens (including phenoxy) is 1. The largest absolute Gasteiger partial charge is 0.495 e. The topological polar surface area (TPSA) is 56.1 Å². The Morgan fingerprint density at radius 2 is 1.96 bits per heavy atom. The van der Waals surface area contributed by atoms with Crippen LogP contribution in [-0.2, 0) is 0 Å². The highest BCUT2D eigenvalue weighted by Gasteiger charge is 2.17. The van der Waals surface area contributed by atoms with Gasteiger partial charge in [0.25, 0.3) is 5.91 Å². The van der Waals surface area contributed by atoms with E-state index in [1.54, 1.807) is 41.9 Å². The molecule has 1 amide bonds. The summed E-state index contributed by atoms with van der Waals surface area (Å²) in [5.74, 6) is -0.174. The molecule has 7 heteroatoms. The van der Waals surface area contributed by atoms with Gasteiger partial charge in [-0.1, -0.05) is 11.6 Å². The van der Waals surface area contributed by atoms with Crippen LogP contribution in [0.3, 0.4) is 0 Å². The molecule has 0 aliphatic carbocycles. The number of nitrogens with zero attached hydrogens (tertiary/aromatic N) is 2. The minimum absolute atomic E-state index is 0.334. The Balaban J connectivity index is 1.89. The van der Waals surface area contributed by atoms with Crippen LogP contribution in [0.5, 0.6) is 5.75 Å². The van der Waals surface area contributed by atoms with Gasteiger partial charge in [0.1, 0.15) is 11.6 Å². The molecule has 3 aromatic rings. The SMILES string of the molecule is COc1ccc(Cl)cc1NC(=O)c1cnn(-c2ccc(F)cc2)c1C. The van der Waals surface area contributed by atoms with Crippen LogP contribution in [0.1, 0.15) is 16.1 Å². The third kappa shape index (κ3) is 3.49. The first kappa shape index (κ1) is 17.0. The standard InChI is InChI=1S/C18H15ClFN3O2/c1-11-15(10-21-23(11)14-6-4-13(20)5-7-14)18(24)22-16-9-12(19)3-8-17(16)25-2/h3-10H,1-2H3,(H,22,24). The predicted octanol–water partition coefficient (Wildman–Crippen LogP) is 4.23. The number of anilines is 1. The minimum Gasteiger partial charge on any atom is -0.495 e. The van der Waals surface area contributed by atoms with E-state index in [9.17, 15) is 9.18 Å². The zero-order chi connectivity index (χ0) is 18.0. The molecule has 1 heterocycles. The van der Waals surface area contributed by atoms with Gasteiger partial charge in [0.2, 0.25) is 0 Å². The van der Waals surface area contributed by atoms with E-state index in [0.717, 1.165) is 0 Å². The van der Waals surface area contributed by atoms with Gasteiger partial charge in [0.05, 0.1) is 35.9 Å². The van der Waals surface area contributed by atoms with Crippen LogP contribution < -0.4 is 10.1 Å². The first-order valence-corrected chi connectivity index (χ1v) is 7.83. The lowest BCUT2D eigenvalue weighted by Gasteiger charge is -2.10. The number of halogens is 2. The van der Waals surface area contributed by atoms with Crippen molar-refractivity contribution in [2.75, 3.05) is 12.4 Å². The Bertz CT molecular complexity index is 923. The number of hydrogen-bond acceptors (Lipinski definition) is 3. The van der Waals surface area contributed by atoms with E-state index in [1.165, 1.54) is 25.4 Å². The molecule has 0 aliphatic heterocycles. The molecule has 0 saturated carbocycles. The minimum atomic E-state index is -0.341. The van der Waals surface area contributed by atoms with Gasteiger partial charge >= 0.3 is 0 Å². The number of benzene rings is 2. The maximum atomic E-state index is 13.1. The van der Waals surface area contributed by atoms with Crippen molar-refractivity contribution in [1.82, 2.24) is 9.78 Å². The number of carbonyl (C=O) groups is 1. The van der Waals surface area contributed by atoms with E-state index in [-0.39, 0.29) is 11.7 Å². The third-order valence-corrected chi connectivity index (χ3v) is 3.97. The molecular formula is C18H15ClFN3O2. The van der Waals surface area contributed by atoms with Gasteiger partial charge in [0, 0.05) is 5.02 Å². The normalized spacial score (nSPS) is 10.6. The van der Waals surface area contributed by atoms with Crippen LogP contribution in [0.4, 0.5) is 10.1 Å². The number of hydrogen-bond donors (Lipinski definition) is 1. The van der Waals surface area contributed by atoms with E-state index in [4.69, 9.17) is 16.3 Å². The second-order valence-electron chi connectivity index (χ2n) is 5.33. The average molecular weight is 360 g/mol. The monoisotopic (exact) mass is 359 g/mol. The zero-order valence-corrected chi connectivity index (χ0v) is 14.3. The molecule has 0 saturated heterocycles. The summed E-state index contributed by atoms with van der Waals surface area (Å²) in [6.07, 6.45) is 1.46. The molecule has 2 aromatic carbocycles. The maximum Gasteiger partial charge on any atom is 0.259 e. The lowest BCUT2D eigenvalue weighted by atomic mass is 10.2. The number of carbonyl (C=O) groups excluding carboxylic acids is 1. The molecule has 3 rings (SSSR count). The predicted molar refractivity (Wildman–Crippen MR) is 94.2 cm³/mol. The molecule has 0 radical (unpaired) electrons. The average Bonchev–Trinajstić information content (AvgIpc) is 2.97. The second-order valence-corrected chi connectivity index (χ2v) is 5.77. The van der Waals surface area contributed by atoms with Crippen molar-refractivity contribution in [2.24, 2.45) is 0 Å². The zero-order valence-electron chi connectivity index (χ0n) is 13.6.